The Hall–Kier alpha value is -1.95. The summed E-state index contributed by atoms with van der Waals surface area (Å²) in [6.45, 7) is 9.68. The molecule has 1 saturated carbocycles. The summed E-state index contributed by atoms with van der Waals surface area (Å²) in [5.41, 5.74) is 7.17. The molecule has 0 spiro atoms. The van der Waals surface area contributed by atoms with Crippen LogP contribution in [-0.4, -0.2) is 32.0 Å². The Labute approximate surface area is 143 Å². The summed E-state index contributed by atoms with van der Waals surface area (Å²) in [6, 6.07) is 3.65. The molecule has 1 aliphatic carbocycles. The van der Waals surface area contributed by atoms with E-state index < -0.39 is 11.7 Å². The number of methoxy groups -OCH3 is 2. The molecule has 0 radical (unpaired) electrons. The Balaban J connectivity index is 2.39. The summed E-state index contributed by atoms with van der Waals surface area (Å²) < 4.78 is 16.1. The molecular formula is C18H28N2O4. The lowest BCUT2D eigenvalue weighted by Crippen LogP contribution is -2.27. The van der Waals surface area contributed by atoms with E-state index in [-0.39, 0.29) is 17.4 Å². The molecule has 2 unspecified atom stereocenters. The molecule has 3 N–H and O–H groups in total. The van der Waals surface area contributed by atoms with Crippen molar-refractivity contribution in [1.82, 2.24) is 0 Å². The van der Waals surface area contributed by atoms with Crippen LogP contribution in [0.1, 0.15) is 46.1 Å². The molecule has 0 heterocycles. The van der Waals surface area contributed by atoms with Crippen LogP contribution in [0.2, 0.25) is 0 Å². The molecule has 0 bridgehead atoms. The number of hydrogen-bond acceptors (Lipinski definition) is 5. The normalized spacial score (nSPS) is 21.8. The minimum atomic E-state index is -0.573. The molecular weight excluding hydrogens is 308 g/mol. The van der Waals surface area contributed by atoms with Crippen LogP contribution in [0.3, 0.4) is 0 Å². The van der Waals surface area contributed by atoms with Crippen molar-refractivity contribution in [2.24, 2.45) is 11.1 Å². The fraction of sp³-hybridized carbons (Fsp3) is 0.611. The minimum absolute atomic E-state index is 0.0230. The van der Waals surface area contributed by atoms with E-state index in [1.165, 1.54) is 0 Å². The van der Waals surface area contributed by atoms with Crippen molar-refractivity contribution in [3.63, 3.8) is 0 Å². The SMILES string of the molecule is COc1cc(NC(=O)OC(C)(C)C)c(C2C(N)C2(C)C)cc1OC. The molecule has 6 heteroatoms. The maximum atomic E-state index is 12.2. The van der Waals surface area contributed by atoms with E-state index in [4.69, 9.17) is 19.9 Å². The molecule has 0 aromatic heterocycles. The van der Waals surface area contributed by atoms with Gasteiger partial charge in [-0.3, -0.25) is 5.32 Å². The third kappa shape index (κ3) is 3.59. The molecule has 134 valence electrons. The number of anilines is 1. The van der Waals surface area contributed by atoms with E-state index in [2.05, 4.69) is 19.2 Å². The monoisotopic (exact) mass is 336 g/mol. The summed E-state index contributed by atoms with van der Waals surface area (Å²) in [5, 5.41) is 2.82. The second-order valence-corrected chi connectivity index (χ2v) is 7.75. The van der Waals surface area contributed by atoms with Gasteiger partial charge in [0, 0.05) is 18.0 Å². The van der Waals surface area contributed by atoms with Gasteiger partial charge >= 0.3 is 6.09 Å². The molecule has 1 aromatic carbocycles. The van der Waals surface area contributed by atoms with Crippen molar-refractivity contribution >= 4 is 11.8 Å². The topological polar surface area (TPSA) is 82.8 Å². The number of nitrogens with one attached hydrogen (secondary N) is 1. The van der Waals surface area contributed by atoms with Gasteiger partial charge in [-0.15, -0.1) is 0 Å². The molecule has 1 fully saturated rings. The summed E-state index contributed by atoms with van der Waals surface area (Å²) in [7, 11) is 3.14. The van der Waals surface area contributed by atoms with Crippen molar-refractivity contribution in [2.45, 2.75) is 52.2 Å². The van der Waals surface area contributed by atoms with Gasteiger partial charge in [0.05, 0.1) is 19.9 Å². The first kappa shape index (κ1) is 18.4. The quantitative estimate of drug-likeness (QED) is 0.879. The number of amides is 1. The van der Waals surface area contributed by atoms with Gasteiger partial charge in [-0.05, 0) is 37.8 Å². The van der Waals surface area contributed by atoms with Crippen molar-refractivity contribution < 1.29 is 19.0 Å². The Bertz CT molecular complexity index is 635. The zero-order chi connectivity index (χ0) is 18.3. The molecule has 0 saturated heterocycles. The maximum absolute atomic E-state index is 12.2. The first-order chi connectivity index (χ1) is 11.0. The summed E-state index contributed by atoms with van der Waals surface area (Å²) in [6.07, 6.45) is -0.511. The second kappa shape index (κ2) is 6.16. The van der Waals surface area contributed by atoms with Gasteiger partial charge in [-0.1, -0.05) is 13.8 Å². The summed E-state index contributed by atoms with van der Waals surface area (Å²) >= 11 is 0. The number of ether oxygens (including phenoxy) is 3. The van der Waals surface area contributed by atoms with Crippen LogP contribution in [0.5, 0.6) is 11.5 Å². The lowest BCUT2D eigenvalue weighted by Gasteiger charge is -2.21. The highest BCUT2D eigenvalue weighted by Crippen LogP contribution is 2.59. The van der Waals surface area contributed by atoms with Crippen molar-refractivity contribution in [2.75, 3.05) is 19.5 Å². The average molecular weight is 336 g/mol. The Morgan fingerprint density at radius 2 is 1.67 bits per heavy atom. The highest BCUT2D eigenvalue weighted by Gasteiger charge is 2.57. The highest BCUT2D eigenvalue weighted by molar-refractivity contribution is 5.87. The third-order valence-corrected chi connectivity index (χ3v) is 4.44. The van der Waals surface area contributed by atoms with Crippen LogP contribution in [0.4, 0.5) is 10.5 Å². The van der Waals surface area contributed by atoms with Crippen LogP contribution < -0.4 is 20.5 Å². The number of carbonyl (C=O) groups excluding carboxylic acids is 1. The Morgan fingerprint density at radius 1 is 1.17 bits per heavy atom. The molecule has 6 nitrogen and oxygen atoms in total. The molecule has 1 aliphatic rings. The Kier molecular flexibility index (Phi) is 4.72. The minimum Gasteiger partial charge on any atom is -0.493 e. The van der Waals surface area contributed by atoms with E-state index in [1.54, 1.807) is 20.3 Å². The van der Waals surface area contributed by atoms with Crippen LogP contribution in [0.15, 0.2) is 12.1 Å². The smallest absolute Gasteiger partial charge is 0.412 e. The molecule has 2 atom stereocenters. The molecule has 2 rings (SSSR count). The van der Waals surface area contributed by atoms with Gasteiger partial charge in [0.2, 0.25) is 0 Å². The lowest BCUT2D eigenvalue weighted by atomic mass is 10.0. The highest BCUT2D eigenvalue weighted by atomic mass is 16.6. The number of nitrogens with two attached hydrogens (primary N) is 1. The van der Waals surface area contributed by atoms with Crippen LogP contribution in [0, 0.1) is 5.41 Å². The van der Waals surface area contributed by atoms with E-state index >= 15 is 0 Å². The van der Waals surface area contributed by atoms with E-state index in [0.29, 0.717) is 17.2 Å². The first-order valence-electron chi connectivity index (χ1n) is 8.02. The van der Waals surface area contributed by atoms with Crippen molar-refractivity contribution in [1.29, 1.82) is 0 Å². The molecule has 0 aliphatic heterocycles. The van der Waals surface area contributed by atoms with Gasteiger partial charge in [-0.25, -0.2) is 4.79 Å². The number of hydrogen-bond donors (Lipinski definition) is 2. The van der Waals surface area contributed by atoms with Crippen molar-refractivity contribution in [3.05, 3.63) is 17.7 Å². The number of carbonyl (C=O) groups is 1. The van der Waals surface area contributed by atoms with Gasteiger partial charge in [0.25, 0.3) is 0 Å². The second-order valence-electron chi connectivity index (χ2n) is 7.75. The predicted octanol–water partition coefficient (Wildman–Crippen LogP) is 3.50. The Morgan fingerprint density at radius 3 is 2.08 bits per heavy atom. The van der Waals surface area contributed by atoms with Crippen LogP contribution in [-0.2, 0) is 4.74 Å². The molecule has 1 aromatic rings. The van der Waals surface area contributed by atoms with Crippen molar-refractivity contribution in [3.8, 4) is 11.5 Å². The van der Waals surface area contributed by atoms with Gasteiger partial charge in [0.1, 0.15) is 5.60 Å². The number of benzene rings is 1. The first-order valence-corrected chi connectivity index (χ1v) is 8.02. The fourth-order valence-electron chi connectivity index (χ4n) is 2.95. The van der Waals surface area contributed by atoms with E-state index in [0.717, 1.165) is 5.56 Å². The summed E-state index contributed by atoms with van der Waals surface area (Å²) in [5.74, 6) is 1.28. The zero-order valence-electron chi connectivity index (χ0n) is 15.5. The average Bonchev–Trinajstić information content (AvgIpc) is 2.94. The fourth-order valence-corrected chi connectivity index (χ4v) is 2.95. The zero-order valence-corrected chi connectivity index (χ0v) is 15.5. The third-order valence-electron chi connectivity index (χ3n) is 4.44. The van der Waals surface area contributed by atoms with Gasteiger partial charge in [0.15, 0.2) is 11.5 Å². The molecule has 1 amide bonds. The maximum Gasteiger partial charge on any atom is 0.412 e. The van der Waals surface area contributed by atoms with E-state index in [9.17, 15) is 4.79 Å². The predicted molar refractivity (Wildman–Crippen MR) is 93.9 cm³/mol. The van der Waals surface area contributed by atoms with Crippen LogP contribution in [0.25, 0.3) is 0 Å². The van der Waals surface area contributed by atoms with Crippen LogP contribution >= 0.6 is 0 Å². The molecule has 24 heavy (non-hydrogen) atoms. The largest absolute Gasteiger partial charge is 0.493 e. The summed E-state index contributed by atoms with van der Waals surface area (Å²) in [4.78, 5) is 12.2. The lowest BCUT2D eigenvalue weighted by molar-refractivity contribution is 0.0635. The standard InChI is InChI=1S/C18H28N2O4/c1-17(2,3)24-16(21)20-11-9-13(23-7)12(22-6)8-10(11)14-15(19)18(14,4)5/h8-9,14-15H,19H2,1-7H3,(H,20,21). The van der Waals surface area contributed by atoms with E-state index in [1.807, 2.05) is 26.8 Å². The number of rotatable bonds is 4. The van der Waals surface area contributed by atoms with Gasteiger partial charge < -0.3 is 19.9 Å². The van der Waals surface area contributed by atoms with Gasteiger partial charge in [-0.2, -0.15) is 0 Å².